The molecule has 1 aliphatic carbocycles. The fourth-order valence-electron chi connectivity index (χ4n) is 4.61. The van der Waals surface area contributed by atoms with Crippen LogP contribution in [0.15, 0.2) is 48.5 Å². The Morgan fingerprint density at radius 1 is 1.00 bits per heavy atom. The number of rotatable bonds is 5. The van der Waals surface area contributed by atoms with Crippen molar-refractivity contribution in [1.29, 1.82) is 0 Å². The Labute approximate surface area is 180 Å². The van der Waals surface area contributed by atoms with Crippen molar-refractivity contribution in [2.75, 3.05) is 13.3 Å². The van der Waals surface area contributed by atoms with E-state index in [2.05, 4.69) is 45.9 Å². The summed E-state index contributed by atoms with van der Waals surface area (Å²) in [6.45, 7) is 2.05. The molecular weight excluding hydrogens is 396 g/mol. The summed E-state index contributed by atoms with van der Waals surface area (Å²) >= 11 is 5.90. The van der Waals surface area contributed by atoms with E-state index in [0.717, 1.165) is 40.7 Å². The molecule has 1 aromatic heterocycles. The van der Waals surface area contributed by atoms with E-state index in [1.165, 1.54) is 24.8 Å². The van der Waals surface area contributed by atoms with Crippen molar-refractivity contribution >= 4 is 12.2 Å². The summed E-state index contributed by atoms with van der Waals surface area (Å²) in [5.74, 6) is 3.31. The molecular formula is C23H24N4O2S. The van der Waals surface area contributed by atoms with Gasteiger partial charge in [-0.1, -0.05) is 24.3 Å². The van der Waals surface area contributed by atoms with Gasteiger partial charge in [-0.25, -0.2) is 4.68 Å². The monoisotopic (exact) mass is 420 g/mol. The van der Waals surface area contributed by atoms with Crippen LogP contribution in [0.25, 0.3) is 5.69 Å². The SMILES string of the molecule is S=c1n(CN2CCCC2c2ccc3c(c2)OCO3)nc(C2CC2)n1-c1ccccc1. The zero-order chi connectivity index (χ0) is 20.1. The summed E-state index contributed by atoms with van der Waals surface area (Å²) < 4.78 is 16.0. The zero-order valence-electron chi connectivity index (χ0n) is 16.7. The lowest BCUT2D eigenvalue weighted by atomic mass is 10.0. The van der Waals surface area contributed by atoms with Crippen LogP contribution in [0, 0.1) is 4.77 Å². The van der Waals surface area contributed by atoms with Crippen molar-refractivity contribution in [3.8, 4) is 17.2 Å². The normalized spacial score (nSPS) is 20.7. The summed E-state index contributed by atoms with van der Waals surface area (Å²) in [5, 5.41) is 4.99. The number of aromatic nitrogens is 3. The summed E-state index contributed by atoms with van der Waals surface area (Å²) in [6.07, 6.45) is 4.69. The molecule has 1 atom stereocenters. The van der Waals surface area contributed by atoms with Gasteiger partial charge in [-0.2, -0.15) is 5.10 Å². The number of ether oxygens (including phenoxy) is 2. The van der Waals surface area contributed by atoms with Crippen LogP contribution in [0.1, 0.15) is 49.0 Å². The van der Waals surface area contributed by atoms with E-state index in [1.54, 1.807) is 0 Å². The Morgan fingerprint density at radius 2 is 1.83 bits per heavy atom. The van der Waals surface area contributed by atoms with Crippen LogP contribution in [0.5, 0.6) is 11.5 Å². The number of fused-ring (bicyclic) bond motifs is 1. The molecule has 1 unspecified atom stereocenters. The van der Waals surface area contributed by atoms with Gasteiger partial charge < -0.3 is 9.47 Å². The van der Waals surface area contributed by atoms with Crippen molar-refractivity contribution < 1.29 is 9.47 Å². The van der Waals surface area contributed by atoms with Crippen LogP contribution in [-0.2, 0) is 6.67 Å². The second-order valence-electron chi connectivity index (χ2n) is 8.31. The van der Waals surface area contributed by atoms with Gasteiger partial charge in [-0.15, -0.1) is 0 Å². The minimum absolute atomic E-state index is 0.309. The minimum atomic E-state index is 0.309. The van der Waals surface area contributed by atoms with E-state index < -0.39 is 0 Å². The van der Waals surface area contributed by atoms with Gasteiger partial charge in [0.2, 0.25) is 11.6 Å². The Balaban J connectivity index is 1.32. The molecule has 0 N–H and O–H groups in total. The van der Waals surface area contributed by atoms with Crippen LogP contribution >= 0.6 is 12.2 Å². The van der Waals surface area contributed by atoms with Crippen LogP contribution in [0.2, 0.25) is 0 Å². The van der Waals surface area contributed by atoms with Crippen molar-refractivity contribution in [1.82, 2.24) is 19.2 Å². The van der Waals surface area contributed by atoms with Gasteiger partial charge in [-0.05, 0) is 67.7 Å². The van der Waals surface area contributed by atoms with Gasteiger partial charge >= 0.3 is 0 Å². The molecule has 6 nitrogen and oxygen atoms in total. The largest absolute Gasteiger partial charge is 0.454 e. The van der Waals surface area contributed by atoms with E-state index >= 15 is 0 Å². The van der Waals surface area contributed by atoms with Gasteiger partial charge in [0.1, 0.15) is 5.82 Å². The molecule has 30 heavy (non-hydrogen) atoms. The molecule has 7 heteroatoms. The fraction of sp³-hybridized carbons (Fsp3) is 0.391. The van der Waals surface area contributed by atoms with E-state index in [-0.39, 0.29) is 0 Å². The summed E-state index contributed by atoms with van der Waals surface area (Å²) in [6, 6.07) is 17.0. The van der Waals surface area contributed by atoms with Crippen molar-refractivity contribution in [3.05, 3.63) is 64.7 Å². The first kappa shape index (κ1) is 18.2. The van der Waals surface area contributed by atoms with E-state index in [4.69, 9.17) is 26.8 Å². The van der Waals surface area contributed by atoms with Crippen molar-refractivity contribution in [3.63, 3.8) is 0 Å². The molecule has 3 heterocycles. The van der Waals surface area contributed by atoms with Crippen LogP contribution in [0.4, 0.5) is 0 Å². The number of nitrogens with zero attached hydrogens (tertiary/aromatic N) is 4. The van der Waals surface area contributed by atoms with Gasteiger partial charge in [0.25, 0.3) is 0 Å². The smallest absolute Gasteiger partial charge is 0.231 e. The van der Waals surface area contributed by atoms with Gasteiger partial charge in [-0.3, -0.25) is 9.47 Å². The lowest BCUT2D eigenvalue weighted by molar-refractivity contribution is 0.173. The molecule has 2 fully saturated rings. The molecule has 3 aliphatic rings. The van der Waals surface area contributed by atoms with Crippen LogP contribution < -0.4 is 9.47 Å². The third-order valence-corrected chi connectivity index (χ3v) is 6.68. The molecule has 1 saturated carbocycles. The van der Waals surface area contributed by atoms with E-state index in [9.17, 15) is 0 Å². The van der Waals surface area contributed by atoms with Crippen LogP contribution in [0.3, 0.4) is 0 Å². The second-order valence-corrected chi connectivity index (χ2v) is 8.68. The molecule has 0 bridgehead atoms. The minimum Gasteiger partial charge on any atom is -0.454 e. The highest BCUT2D eigenvalue weighted by Gasteiger charge is 2.32. The summed E-state index contributed by atoms with van der Waals surface area (Å²) in [7, 11) is 0. The van der Waals surface area contributed by atoms with Gasteiger partial charge in [0.15, 0.2) is 11.5 Å². The maximum Gasteiger partial charge on any atom is 0.231 e. The summed E-state index contributed by atoms with van der Waals surface area (Å²) in [5.41, 5.74) is 2.37. The highest BCUT2D eigenvalue weighted by Crippen LogP contribution is 2.41. The average molecular weight is 421 g/mol. The number of para-hydroxylation sites is 1. The topological polar surface area (TPSA) is 44.4 Å². The van der Waals surface area contributed by atoms with Gasteiger partial charge in [0.05, 0.1) is 6.67 Å². The average Bonchev–Trinajstić information content (AvgIpc) is 3.18. The number of likely N-dealkylation sites (tertiary alicyclic amines) is 1. The summed E-state index contributed by atoms with van der Waals surface area (Å²) in [4.78, 5) is 2.48. The Bertz CT molecular complexity index is 1140. The lowest BCUT2D eigenvalue weighted by Crippen LogP contribution is -2.27. The number of hydrogen-bond acceptors (Lipinski definition) is 5. The Morgan fingerprint density at radius 3 is 2.67 bits per heavy atom. The molecule has 154 valence electrons. The first-order valence-corrected chi connectivity index (χ1v) is 11.1. The van der Waals surface area contributed by atoms with E-state index in [1.807, 2.05) is 16.8 Å². The molecule has 3 aromatic rings. The molecule has 2 aliphatic heterocycles. The molecule has 0 amide bonds. The maximum atomic E-state index is 5.90. The highest BCUT2D eigenvalue weighted by molar-refractivity contribution is 7.71. The first-order valence-electron chi connectivity index (χ1n) is 10.7. The predicted molar refractivity (Wildman–Crippen MR) is 116 cm³/mol. The third-order valence-electron chi connectivity index (χ3n) is 6.28. The van der Waals surface area contributed by atoms with E-state index in [0.29, 0.717) is 25.4 Å². The molecule has 0 radical (unpaired) electrons. The van der Waals surface area contributed by atoms with Crippen LogP contribution in [-0.4, -0.2) is 32.6 Å². The molecule has 6 rings (SSSR count). The highest BCUT2D eigenvalue weighted by atomic mass is 32.1. The second kappa shape index (κ2) is 7.25. The van der Waals surface area contributed by atoms with Gasteiger partial charge in [0, 0.05) is 24.2 Å². The maximum absolute atomic E-state index is 5.90. The number of benzene rings is 2. The Kier molecular flexibility index (Phi) is 4.39. The van der Waals surface area contributed by atoms with Crippen molar-refractivity contribution in [2.24, 2.45) is 0 Å². The predicted octanol–water partition coefficient (Wildman–Crippen LogP) is 4.80. The fourth-order valence-corrected chi connectivity index (χ4v) is 4.91. The third kappa shape index (κ3) is 3.13. The lowest BCUT2D eigenvalue weighted by Gasteiger charge is -2.24. The molecule has 2 aromatic carbocycles. The van der Waals surface area contributed by atoms with Crippen molar-refractivity contribution in [2.45, 2.75) is 44.3 Å². The first-order chi connectivity index (χ1) is 14.8. The standard InChI is InChI=1S/C23H24N4O2S/c30-23-26(24-22(16-8-9-16)27(23)18-5-2-1-3-6-18)14-25-12-4-7-19(25)17-10-11-20-21(13-17)29-15-28-20/h1-3,5-6,10-11,13,16,19H,4,7-9,12,14-15H2. The Hall–Kier alpha value is -2.64. The number of hydrogen-bond donors (Lipinski definition) is 0. The zero-order valence-corrected chi connectivity index (χ0v) is 17.6. The molecule has 1 saturated heterocycles. The molecule has 0 spiro atoms. The quantitative estimate of drug-likeness (QED) is 0.555.